The summed E-state index contributed by atoms with van der Waals surface area (Å²) in [6, 6.07) is -0.283. The van der Waals surface area contributed by atoms with Crippen molar-refractivity contribution in [1.82, 2.24) is 10.6 Å². The zero-order chi connectivity index (χ0) is 13.3. The summed E-state index contributed by atoms with van der Waals surface area (Å²) in [5.41, 5.74) is 0. The van der Waals surface area contributed by atoms with E-state index in [1.165, 1.54) is 0 Å². The van der Waals surface area contributed by atoms with Crippen LogP contribution >= 0.6 is 0 Å². The number of ether oxygens (including phenoxy) is 1. The number of nitrogens with one attached hydrogen (secondary N) is 2. The highest BCUT2D eigenvalue weighted by atomic mass is 16.5. The molecule has 2 unspecified atom stereocenters. The third-order valence-corrected chi connectivity index (χ3v) is 2.34. The molecule has 0 bridgehead atoms. The van der Waals surface area contributed by atoms with Crippen LogP contribution in [-0.4, -0.2) is 37.1 Å². The minimum atomic E-state index is -0.456. The molecule has 5 nitrogen and oxygen atoms in total. The first-order valence-electron chi connectivity index (χ1n) is 6.20. The van der Waals surface area contributed by atoms with E-state index in [-0.39, 0.29) is 24.5 Å². The fourth-order valence-corrected chi connectivity index (χ4v) is 1.43. The average molecular weight is 244 g/mol. The molecule has 0 fully saturated rings. The first-order chi connectivity index (χ1) is 8.01. The molecule has 0 aromatic rings. The third-order valence-electron chi connectivity index (χ3n) is 2.34. The summed E-state index contributed by atoms with van der Waals surface area (Å²) in [5.74, 6) is -0.427. The number of hydrogen-bond acceptors (Lipinski definition) is 4. The number of carbonyl (C=O) groups excluding carboxylic acids is 2. The summed E-state index contributed by atoms with van der Waals surface area (Å²) in [6.07, 6.45) is 1.99. The molecule has 0 radical (unpaired) electrons. The fraction of sp³-hybridized carbons (Fsp3) is 0.833. The molecular weight excluding hydrogens is 220 g/mol. The van der Waals surface area contributed by atoms with E-state index in [1.54, 1.807) is 13.8 Å². The summed E-state index contributed by atoms with van der Waals surface area (Å²) in [5, 5.41) is 5.68. The molecule has 0 aromatic heterocycles. The maximum atomic E-state index is 11.5. The van der Waals surface area contributed by atoms with E-state index in [1.807, 2.05) is 6.92 Å². The second-order valence-corrected chi connectivity index (χ2v) is 4.11. The van der Waals surface area contributed by atoms with Crippen LogP contribution in [0.15, 0.2) is 0 Å². The summed E-state index contributed by atoms with van der Waals surface area (Å²) in [4.78, 5) is 22.8. The van der Waals surface area contributed by atoms with Crippen LogP contribution in [0, 0.1) is 0 Å². The van der Waals surface area contributed by atoms with Gasteiger partial charge in [-0.15, -0.1) is 0 Å². The van der Waals surface area contributed by atoms with Gasteiger partial charge in [-0.2, -0.15) is 0 Å². The number of rotatable bonds is 8. The van der Waals surface area contributed by atoms with Gasteiger partial charge in [0.1, 0.15) is 6.04 Å². The molecule has 17 heavy (non-hydrogen) atoms. The minimum absolute atomic E-state index is 0.0953. The summed E-state index contributed by atoms with van der Waals surface area (Å²) in [7, 11) is 0. The molecule has 0 aliphatic carbocycles. The van der Waals surface area contributed by atoms with E-state index in [9.17, 15) is 9.59 Å². The van der Waals surface area contributed by atoms with Crippen LogP contribution in [0.3, 0.4) is 0 Å². The van der Waals surface area contributed by atoms with E-state index in [4.69, 9.17) is 4.74 Å². The van der Waals surface area contributed by atoms with Gasteiger partial charge in [-0.1, -0.05) is 13.3 Å². The average Bonchev–Trinajstić information content (AvgIpc) is 2.26. The van der Waals surface area contributed by atoms with Gasteiger partial charge in [-0.05, 0) is 27.2 Å². The highest BCUT2D eigenvalue weighted by Gasteiger charge is 2.14. The van der Waals surface area contributed by atoms with Gasteiger partial charge in [0.15, 0.2) is 0 Å². The van der Waals surface area contributed by atoms with E-state index < -0.39 is 6.04 Å². The molecule has 0 heterocycles. The largest absolute Gasteiger partial charge is 0.465 e. The van der Waals surface area contributed by atoms with Gasteiger partial charge in [0, 0.05) is 6.04 Å². The molecule has 2 N–H and O–H groups in total. The topological polar surface area (TPSA) is 67.4 Å². The number of amides is 1. The summed E-state index contributed by atoms with van der Waals surface area (Å²) in [6.45, 7) is 7.96. The Bertz CT molecular complexity index is 244. The molecule has 0 aliphatic heterocycles. The van der Waals surface area contributed by atoms with Crippen molar-refractivity contribution in [3.63, 3.8) is 0 Å². The second kappa shape index (κ2) is 8.98. The van der Waals surface area contributed by atoms with Gasteiger partial charge in [-0.25, -0.2) is 0 Å². The maximum Gasteiger partial charge on any atom is 0.322 e. The van der Waals surface area contributed by atoms with Gasteiger partial charge in [0.05, 0.1) is 13.2 Å². The lowest BCUT2D eigenvalue weighted by Gasteiger charge is -2.15. The number of esters is 1. The van der Waals surface area contributed by atoms with Crippen molar-refractivity contribution in [2.75, 3.05) is 13.2 Å². The standard InChI is InChI=1S/C12H24N2O3/c1-5-7-9(3)14-11(15)8-13-10(4)12(16)17-6-2/h9-10,13H,5-8H2,1-4H3,(H,14,15). The predicted molar refractivity (Wildman–Crippen MR) is 66.6 cm³/mol. The Balaban J connectivity index is 3.79. The highest BCUT2D eigenvalue weighted by Crippen LogP contribution is 1.94. The van der Waals surface area contributed by atoms with Crippen LogP contribution in [-0.2, 0) is 14.3 Å². The Morgan fingerprint density at radius 3 is 2.41 bits per heavy atom. The molecule has 2 atom stereocenters. The summed E-state index contributed by atoms with van der Waals surface area (Å²) < 4.78 is 4.82. The molecule has 100 valence electrons. The molecule has 5 heteroatoms. The monoisotopic (exact) mass is 244 g/mol. The number of hydrogen-bond donors (Lipinski definition) is 2. The Hall–Kier alpha value is -1.10. The van der Waals surface area contributed by atoms with E-state index in [2.05, 4.69) is 17.6 Å². The van der Waals surface area contributed by atoms with Crippen molar-refractivity contribution in [3.8, 4) is 0 Å². The lowest BCUT2D eigenvalue weighted by atomic mass is 10.2. The Labute approximate surface area is 103 Å². The molecule has 0 aliphatic rings. The van der Waals surface area contributed by atoms with Crippen LogP contribution in [0.5, 0.6) is 0 Å². The van der Waals surface area contributed by atoms with Crippen LogP contribution in [0.25, 0.3) is 0 Å². The summed E-state index contributed by atoms with van der Waals surface area (Å²) >= 11 is 0. The fourth-order valence-electron chi connectivity index (χ4n) is 1.43. The van der Waals surface area contributed by atoms with Crippen molar-refractivity contribution in [2.24, 2.45) is 0 Å². The molecule has 0 spiro atoms. The maximum absolute atomic E-state index is 11.5. The number of carbonyl (C=O) groups is 2. The SMILES string of the molecule is CCCC(C)NC(=O)CNC(C)C(=O)OCC. The van der Waals surface area contributed by atoms with E-state index in [0.717, 1.165) is 12.8 Å². The molecule has 0 rings (SSSR count). The second-order valence-electron chi connectivity index (χ2n) is 4.11. The van der Waals surface area contributed by atoms with Crippen molar-refractivity contribution in [1.29, 1.82) is 0 Å². The third kappa shape index (κ3) is 7.74. The lowest BCUT2D eigenvalue weighted by molar-refractivity contribution is -0.145. The van der Waals surface area contributed by atoms with Gasteiger partial charge < -0.3 is 10.1 Å². The first kappa shape index (κ1) is 15.9. The van der Waals surface area contributed by atoms with E-state index in [0.29, 0.717) is 6.61 Å². The van der Waals surface area contributed by atoms with Crippen LogP contribution in [0.4, 0.5) is 0 Å². The van der Waals surface area contributed by atoms with Crippen LogP contribution in [0.1, 0.15) is 40.5 Å². The normalized spacial score (nSPS) is 13.9. The molecule has 1 amide bonds. The van der Waals surface area contributed by atoms with Gasteiger partial charge in [0.2, 0.25) is 5.91 Å². The van der Waals surface area contributed by atoms with Crippen molar-refractivity contribution in [3.05, 3.63) is 0 Å². The first-order valence-corrected chi connectivity index (χ1v) is 6.20. The van der Waals surface area contributed by atoms with Crippen LogP contribution in [0.2, 0.25) is 0 Å². The van der Waals surface area contributed by atoms with Crippen molar-refractivity contribution in [2.45, 2.75) is 52.6 Å². The Kier molecular flexibility index (Phi) is 8.40. The molecule has 0 saturated heterocycles. The zero-order valence-corrected chi connectivity index (χ0v) is 11.2. The minimum Gasteiger partial charge on any atom is -0.465 e. The van der Waals surface area contributed by atoms with Crippen molar-refractivity contribution < 1.29 is 14.3 Å². The molecule has 0 aromatic carbocycles. The van der Waals surface area contributed by atoms with Gasteiger partial charge >= 0.3 is 5.97 Å². The highest BCUT2D eigenvalue weighted by molar-refractivity contribution is 5.80. The Morgan fingerprint density at radius 2 is 1.88 bits per heavy atom. The lowest BCUT2D eigenvalue weighted by Crippen LogP contribution is -2.44. The quantitative estimate of drug-likeness (QED) is 0.621. The predicted octanol–water partition coefficient (Wildman–Crippen LogP) is 0.832. The van der Waals surface area contributed by atoms with Crippen molar-refractivity contribution >= 4 is 11.9 Å². The van der Waals surface area contributed by atoms with Gasteiger partial charge in [0.25, 0.3) is 0 Å². The van der Waals surface area contributed by atoms with Crippen LogP contribution < -0.4 is 10.6 Å². The molecule has 0 saturated carbocycles. The van der Waals surface area contributed by atoms with E-state index >= 15 is 0 Å². The zero-order valence-electron chi connectivity index (χ0n) is 11.2. The van der Waals surface area contributed by atoms with Gasteiger partial charge in [-0.3, -0.25) is 14.9 Å². The molecular formula is C12H24N2O3. The smallest absolute Gasteiger partial charge is 0.322 e. The Morgan fingerprint density at radius 1 is 1.24 bits per heavy atom.